The summed E-state index contributed by atoms with van der Waals surface area (Å²) in [6.45, 7) is 2.69. The Kier molecular flexibility index (Phi) is 7.30. The molecule has 0 saturated carbocycles. The summed E-state index contributed by atoms with van der Waals surface area (Å²) in [5.41, 5.74) is 0.831. The van der Waals surface area contributed by atoms with Gasteiger partial charge in [-0.15, -0.1) is 0 Å². The van der Waals surface area contributed by atoms with E-state index in [2.05, 4.69) is 12.2 Å². The van der Waals surface area contributed by atoms with Gasteiger partial charge in [-0.05, 0) is 42.8 Å². The number of anilines is 1. The Morgan fingerprint density at radius 1 is 1.12 bits per heavy atom. The van der Waals surface area contributed by atoms with E-state index < -0.39 is 6.09 Å². The molecule has 26 heavy (non-hydrogen) atoms. The molecule has 0 saturated heterocycles. The largest absolute Gasteiger partial charge is 0.414 e. The van der Waals surface area contributed by atoms with Crippen molar-refractivity contribution < 1.29 is 14.3 Å². The highest BCUT2D eigenvalue weighted by molar-refractivity contribution is 6.44. The SMILES string of the molecule is CCCCN(C)C(=O)Oc1ccc(C(=O)Nc2cccc(Cl)c2Cl)cc1. The lowest BCUT2D eigenvalue weighted by Crippen LogP contribution is -2.30. The number of carbonyl (C=O) groups excluding carboxylic acids is 2. The van der Waals surface area contributed by atoms with E-state index in [9.17, 15) is 9.59 Å². The smallest absolute Gasteiger partial charge is 0.410 e. The van der Waals surface area contributed by atoms with Crippen LogP contribution < -0.4 is 10.1 Å². The zero-order valence-corrected chi connectivity index (χ0v) is 16.1. The van der Waals surface area contributed by atoms with Gasteiger partial charge in [-0.2, -0.15) is 0 Å². The van der Waals surface area contributed by atoms with Crippen LogP contribution in [0.25, 0.3) is 0 Å². The number of ether oxygens (including phenoxy) is 1. The minimum absolute atomic E-state index is 0.281. The Hall–Kier alpha value is -2.24. The average molecular weight is 395 g/mol. The lowest BCUT2D eigenvalue weighted by molar-refractivity contribution is 0.102. The van der Waals surface area contributed by atoms with Crippen LogP contribution in [0.1, 0.15) is 30.1 Å². The molecule has 1 N–H and O–H groups in total. The van der Waals surface area contributed by atoms with Crippen molar-refractivity contribution in [3.8, 4) is 5.75 Å². The summed E-state index contributed by atoms with van der Waals surface area (Å²) < 4.78 is 5.28. The molecule has 0 bridgehead atoms. The van der Waals surface area contributed by atoms with E-state index >= 15 is 0 Å². The molecule has 0 aromatic heterocycles. The topological polar surface area (TPSA) is 58.6 Å². The van der Waals surface area contributed by atoms with Crippen LogP contribution in [0.15, 0.2) is 42.5 Å². The molecule has 7 heteroatoms. The van der Waals surface area contributed by atoms with Crippen LogP contribution in [-0.2, 0) is 0 Å². The van der Waals surface area contributed by atoms with Crippen molar-refractivity contribution in [3.63, 3.8) is 0 Å². The zero-order valence-electron chi connectivity index (χ0n) is 14.6. The number of nitrogens with zero attached hydrogens (tertiary/aromatic N) is 1. The molecule has 5 nitrogen and oxygen atoms in total. The van der Waals surface area contributed by atoms with Gasteiger partial charge in [0.1, 0.15) is 5.75 Å². The van der Waals surface area contributed by atoms with E-state index in [4.69, 9.17) is 27.9 Å². The van der Waals surface area contributed by atoms with Crippen molar-refractivity contribution in [2.24, 2.45) is 0 Å². The first-order chi connectivity index (χ1) is 12.4. The number of amides is 2. The summed E-state index contributed by atoms with van der Waals surface area (Å²) in [5, 5.41) is 3.34. The lowest BCUT2D eigenvalue weighted by Gasteiger charge is -2.16. The van der Waals surface area contributed by atoms with E-state index in [0.29, 0.717) is 28.6 Å². The second-order valence-electron chi connectivity index (χ2n) is 5.72. The molecule has 2 rings (SSSR count). The summed E-state index contributed by atoms with van der Waals surface area (Å²) in [6, 6.07) is 11.3. The number of hydrogen-bond acceptors (Lipinski definition) is 3. The van der Waals surface area contributed by atoms with Crippen molar-refractivity contribution >= 4 is 40.9 Å². The van der Waals surface area contributed by atoms with Gasteiger partial charge >= 0.3 is 6.09 Å². The third-order valence-electron chi connectivity index (χ3n) is 3.68. The summed E-state index contributed by atoms with van der Waals surface area (Å²) >= 11 is 12.0. The number of unbranched alkanes of at least 4 members (excludes halogenated alkanes) is 1. The van der Waals surface area contributed by atoms with Gasteiger partial charge in [0.15, 0.2) is 0 Å². The van der Waals surface area contributed by atoms with Crippen molar-refractivity contribution in [2.45, 2.75) is 19.8 Å². The molecule has 0 unspecified atom stereocenters. The molecule has 0 spiro atoms. The summed E-state index contributed by atoms with van der Waals surface area (Å²) in [7, 11) is 1.69. The monoisotopic (exact) mass is 394 g/mol. The maximum absolute atomic E-state index is 12.3. The summed E-state index contributed by atoms with van der Waals surface area (Å²) in [4.78, 5) is 25.8. The standard InChI is InChI=1S/C19H20Cl2N2O3/c1-3-4-12-23(2)19(25)26-14-10-8-13(9-11-14)18(24)22-16-7-5-6-15(20)17(16)21/h5-11H,3-4,12H2,1-2H3,(H,22,24). The molecule has 0 aliphatic rings. The first kappa shape index (κ1) is 20.1. The first-order valence-electron chi connectivity index (χ1n) is 8.20. The van der Waals surface area contributed by atoms with Crippen molar-refractivity contribution in [1.29, 1.82) is 0 Å². The van der Waals surface area contributed by atoms with E-state index in [1.165, 1.54) is 4.90 Å². The zero-order chi connectivity index (χ0) is 19.1. The van der Waals surface area contributed by atoms with Crippen LogP contribution in [0.5, 0.6) is 5.75 Å². The number of nitrogens with one attached hydrogen (secondary N) is 1. The Morgan fingerprint density at radius 2 is 1.81 bits per heavy atom. The minimum Gasteiger partial charge on any atom is -0.410 e. The average Bonchev–Trinajstić information content (AvgIpc) is 2.64. The quantitative estimate of drug-likeness (QED) is 0.705. The van der Waals surface area contributed by atoms with Crippen molar-refractivity contribution in [1.82, 2.24) is 4.90 Å². The Bertz CT molecular complexity index is 779. The fraction of sp³-hybridized carbons (Fsp3) is 0.263. The molecule has 0 fully saturated rings. The van der Waals surface area contributed by atoms with Crippen LogP contribution >= 0.6 is 23.2 Å². The second kappa shape index (κ2) is 9.46. The highest BCUT2D eigenvalue weighted by Crippen LogP contribution is 2.29. The lowest BCUT2D eigenvalue weighted by atomic mass is 10.2. The highest BCUT2D eigenvalue weighted by atomic mass is 35.5. The normalized spacial score (nSPS) is 10.3. The third-order valence-corrected chi connectivity index (χ3v) is 4.50. The number of benzene rings is 2. The predicted octanol–water partition coefficient (Wildman–Crippen LogP) is 5.48. The number of rotatable bonds is 6. The maximum atomic E-state index is 12.3. The van der Waals surface area contributed by atoms with Gasteiger partial charge in [0.05, 0.1) is 15.7 Å². The number of carbonyl (C=O) groups is 2. The summed E-state index contributed by atoms with van der Waals surface area (Å²) in [6.07, 6.45) is 1.48. The molecule has 2 amide bonds. The first-order valence-corrected chi connectivity index (χ1v) is 8.96. The van der Waals surface area contributed by atoms with Crippen LogP contribution in [0, 0.1) is 0 Å². The van der Waals surface area contributed by atoms with E-state index in [0.717, 1.165) is 12.8 Å². The van der Waals surface area contributed by atoms with E-state index in [1.54, 1.807) is 49.5 Å². The van der Waals surface area contributed by atoms with E-state index in [1.807, 2.05) is 0 Å². The predicted molar refractivity (Wildman–Crippen MR) is 104 cm³/mol. The molecule has 2 aromatic rings. The Morgan fingerprint density at radius 3 is 2.46 bits per heavy atom. The van der Waals surface area contributed by atoms with Crippen LogP contribution in [0.4, 0.5) is 10.5 Å². The van der Waals surface area contributed by atoms with Crippen molar-refractivity contribution in [2.75, 3.05) is 18.9 Å². The van der Waals surface area contributed by atoms with Crippen LogP contribution in [-0.4, -0.2) is 30.5 Å². The molecule has 0 aliphatic heterocycles. The molecule has 138 valence electrons. The molecule has 0 aliphatic carbocycles. The highest BCUT2D eigenvalue weighted by Gasteiger charge is 2.13. The number of halogens is 2. The molecule has 0 radical (unpaired) electrons. The van der Waals surface area contributed by atoms with Gasteiger partial charge in [-0.1, -0.05) is 42.6 Å². The minimum atomic E-state index is -0.429. The third kappa shape index (κ3) is 5.38. The van der Waals surface area contributed by atoms with Gasteiger partial charge in [-0.3, -0.25) is 4.79 Å². The Labute approximate surface area is 162 Å². The fourth-order valence-electron chi connectivity index (χ4n) is 2.13. The van der Waals surface area contributed by atoms with Crippen molar-refractivity contribution in [3.05, 3.63) is 58.1 Å². The van der Waals surface area contributed by atoms with Gasteiger partial charge in [-0.25, -0.2) is 4.79 Å². The van der Waals surface area contributed by atoms with Crippen LogP contribution in [0.2, 0.25) is 10.0 Å². The van der Waals surface area contributed by atoms with Gasteiger partial charge in [0.25, 0.3) is 5.91 Å². The molecular weight excluding hydrogens is 375 g/mol. The fourth-order valence-corrected chi connectivity index (χ4v) is 2.48. The van der Waals surface area contributed by atoms with Crippen LogP contribution in [0.3, 0.4) is 0 Å². The Balaban J connectivity index is 1.99. The van der Waals surface area contributed by atoms with Gasteiger partial charge in [0, 0.05) is 19.2 Å². The van der Waals surface area contributed by atoms with E-state index in [-0.39, 0.29) is 10.9 Å². The maximum Gasteiger partial charge on any atom is 0.414 e. The molecule has 0 heterocycles. The number of hydrogen-bond donors (Lipinski definition) is 1. The second-order valence-corrected chi connectivity index (χ2v) is 6.51. The molecule has 0 atom stereocenters. The van der Waals surface area contributed by atoms with Gasteiger partial charge < -0.3 is 15.0 Å². The summed E-state index contributed by atoms with van der Waals surface area (Å²) in [5.74, 6) is 0.0304. The molecule has 2 aromatic carbocycles. The van der Waals surface area contributed by atoms with Gasteiger partial charge in [0.2, 0.25) is 0 Å². The molecular formula is C19H20Cl2N2O3.